The number of benzene rings is 1. The Bertz CT molecular complexity index is 779. The van der Waals surface area contributed by atoms with Crippen LogP contribution >= 0.6 is 11.6 Å². The fraction of sp³-hybridized carbons (Fsp3) is 0.333. The highest BCUT2D eigenvalue weighted by Gasteiger charge is 2.27. The van der Waals surface area contributed by atoms with Crippen LogP contribution in [0.5, 0.6) is 0 Å². The molecule has 1 amide bonds. The summed E-state index contributed by atoms with van der Waals surface area (Å²) in [6.07, 6.45) is 5.33. The first-order chi connectivity index (χ1) is 11.0. The maximum atomic E-state index is 12.5. The lowest BCUT2D eigenvalue weighted by Crippen LogP contribution is -2.28. The quantitative estimate of drug-likeness (QED) is 0.808. The van der Waals surface area contributed by atoms with Gasteiger partial charge in [-0.2, -0.15) is 5.10 Å². The van der Waals surface area contributed by atoms with Gasteiger partial charge in [0.05, 0.1) is 11.7 Å². The van der Waals surface area contributed by atoms with Crippen molar-refractivity contribution in [2.24, 2.45) is 7.05 Å². The van der Waals surface area contributed by atoms with E-state index in [9.17, 15) is 4.79 Å². The molecule has 0 N–H and O–H groups in total. The summed E-state index contributed by atoms with van der Waals surface area (Å²) in [4.78, 5) is 14.3. The second-order valence-corrected chi connectivity index (χ2v) is 6.31. The van der Waals surface area contributed by atoms with Crippen LogP contribution in [0, 0.1) is 6.92 Å². The Morgan fingerprint density at radius 3 is 2.87 bits per heavy atom. The number of halogens is 1. The number of aryl methyl sites for hydroxylation is 3. The Kier molecular flexibility index (Phi) is 4.26. The summed E-state index contributed by atoms with van der Waals surface area (Å²) in [6.45, 7) is 1.88. The standard InChI is InChI=1S/C18H20ClN3O/c1-12-14(18(19)22(3)20-12)9-11-17(23)21(2)16-10-8-13-6-4-5-7-15(13)16/h4-7,9,11,16H,8,10H2,1-3H3/b11-9+. The molecule has 1 aromatic heterocycles. The van der Waals surface area contributed by atoms with Crippen molar-refractivity contribution in [3.63, 3.8) is 0 Å². The van der Waals surface area contributed by atoms with E-state index < -0.39 is 0 Å². The van der Waals surface area contributed by atoms with E-state index in [-0.39, 0.29) is 11.9 Å². The summed E-state index contributed by atoms with van der Waals surface area (Å²) in [5, 5.41) is 4.79. The van der Waals surface area contributed by atoms with E-state index in [1.54, 1.807) is 23.9 Å². The summed E-state index contributed by atoms with van der Waals surface area (Å²) < 4.78 is 1.61. The Hall–Kier alpha value is -2.07. The average molecular weight is 330 g/mol. The molecule has 23 heavy (non-hydrogen) atoms. The molecule has 0 saturated carbocycles. The van der Waals surface area contributed by atoms with E-state index in [0.29, 0.717) is 5.15 Å². The van der Waals surface area contributed by atoms with Crippen LogP contribution in [-0.2, 0) is 18.3 Å². The van der Waals surface area contributed by atoms with E-state index in [1.807, 2.05) is 24.9 Å². The van der Waals surface area contributed by atoms with Crippen LogP contribution in [0.1, 0.15) is 34.8 Å². The van der Waals surface area contributed by atoms with Crippen LogP contribution in [-0.4, -0.2) is 27.6 Å². The number of likely N-dealkylation sites (N-methyl/N-ethyl adjacent to an activating group) is 1. The van der Waals surface area contributed by atoms with Gasteiger partial charge in [-0.25, -0.2) is 0 Å². The molecule has 0 fully saturated rings. The van der Waals surface area contributed by atoms with Crippen molar-refractivity contribution in [1.82, 2.24) is 14.7 Å². The van der Waals surface area contributed by atoms with Crippen molar-refractivity contribution in [2.45, 2.75) is 25.8 Å². The molecule has 0 radical (unpaired) electrons. The molecule has 3 rings (SSSR count). The first-order valence-corrected chi connectivity index (χ1v) is 8.08. The highest BCUT2D eigenvalue weighted by atomic mass is 35.5. The van der Waals surface area contributed by atoms with E-state index >= 15 is 0 Å². The molecule has 0 spiro atoms. The van der Waals surface area contributed by atoms with E-state index in [4.69, 9.17) is 11.6 Å². The van der Waals surface area contributed by atoms with Gasteiger partial charge in [0.25, 0.3) is 0 Å². The second-order valence-electron chi connectivity index (χ2n) is 5.95. The number of hydrogen-bond acceptors (Lipinski definition) is 2. The number of carbonyl (C=O) groups is 1. The van der Waals surface area contributed by atoms with Crippen LogP contribution in [0.4, 0.5) is 0 Å². The maximum absolute atomic E-state index is 12.5. The average Bonchev–Trinajstić information content (AvgIpc) is 3.07. The number of nitrogens with zero attached hydrogens (tertiary/aromatic N) is 3. The van der Waals surface area contributed by atoms with Crippen LogP contribution < -0.4 is 0 Å². The molecular weight excluding hydrogens is 310 g/mol. The largest absolute Gasteiger partial charge is 0.335 e. The van der Waals surface area contributed by atoms with E-state index in [2.05, 4.69) is 23.3 Å². The molecule has 0 saturated heterocycles. The number of rotatable bonds is 3. The molecule has 4 nitrogen and oxygen atoms in total. The molecule has 1 aromatic carbocycles. The highest BCUT2D eigenvalue weighted by molar-refractivity contribution is 6.31. The smallest absolute Gasteiger partial charge is 0.246 e. The number of aromatic nitrogens is 2. The molecule has 5 heteroatoms. The van der Waals surface area contributed by atoms with Crippen LogP contribution in [0.15, 0.2) is 30.3 Å². The molecule has 120 valence electrons. The van der Waals surface area contributed by atoms with Crippen molar-refractivity contribution >= 4 is 23.6 Å². The summed E-state index contributed by atoms with van der Waals surface area (Å²) in [6, 6.07) is 8.49. The number of carbonyl (C=O) groups excluding carboxylic acids is 1. The topological polar surface area (TPSA) is 38.1 Å². The van der Waals surface area contributed by atoms with Gasteiger partial charge in [0, 0.05) is 25.7 Å². The SMILES string of the molecule is Cc1nn(C)c(Cl)c1/C=C/C(=O)N(C)C1CCc2ccccc21. The van der Waals surface area contributed by atoms with Crippen molar-refractivity contribution < 1.29 is 4.79 Å². The third kappa shape index (κ3) is 2.91. The lowest BCUT2D eigenvalue weighted by Gasteiger charge is -2.24. The van der Waals surface area contributed by atoms with Gasteiger partial charge in [-0.15, -0.1) is 0 Å². The van der Waals surface area contributed by atoms with Gasteiger partial charge in [-0.05, 0) is 37.0 Å². The molecule has 1 aliphatic carbocycles. The summed E-state index contributed by atoms with van der Waals surface area (Å²) in [7, 11) is 3.65. The summed E-state index contributed by atoms with van der Waals surface area (Å²) in [5.41, 5.74) is 4.21. The van der Waals surface area contributed by atoms with Gasteiger partial charge < -0.3 is 4.90 Å². The predicted molar refractivity (Wildman–Crippen MR) is 92.3 cm³/mol. The molecule has 1 unspecified atom stereocenters. The lowest BCUT2D eigenvalue weighted by atomic mass is 10.1. The first kappa shape index (κ1) is 15.8. The zero-order chi connectivity index (χ0) is 16.6. The summed E-state index contributed by atoms with van der Waals surface area (Å²) >= 11 is 6.20. The third-order valence-electron chi connectivity index (χ3n) is 4.51. The van der Waals surface area contributed by atoms with E-state index in [1.165, 1.54) is 11.1 Å². The molecule has 1 aliphatic rings. The minimum atomic E-state index is -0.0222. The van der Waals surface area contributed by atoms with E-state index in [0.717, 1.165) is 24.1 Å². The van der Waals surface area contributed by atoms with Crippen molar-refractivity contribution in [1.29, 1.82) is 0 Å². The minimum absolute atomic E-state index is 0.0222. The fourth-order valence-electron chi connectivity index (χ4n) is 3.20. The lowest BCUT2D eigenvalue weighted by molar-refractivity contribution is -0.126. The van der Waals surface area contributed by atoms with Crippen LogP contribution in [0.25, 0.3) is 6.08 Å². The Labute approximate surface area is 141 Å². The number of amides is 1. The Morgan fingerprint density at radius 1 is 1.43 bits per heavy atom. The molecule has 2 aromatic rings. The minimum Gasteiger partial charge on any atom is -0.335 e. The van der Waals surface area contributed by atoms with Crippen molar-refractivity contribution in [3.8, 4) is 0 Å². The van der Waals surface area contributed by atoms with Crippen molar-refractivity contribution in [3.05, 3.63) is 57.9 Å². The van der Waals surface area contributed by atoms with Gasteiger partial charge in [-0.3, -0.25) is 9.48 Å². The van der Waals surface area contributed by atoms with Gasteiger partial charge in [-0.1, -0.05) is 35.9 Å². The van der Waals surface area contributed by atoms with Gasteiger partial charge in [0.1, 0.15) is 5.15 Å². The van der Waals surface area contributed by atoms with Crippen LogP contribution in [0.3, 0.4) is 0 Å². The van der Waals surface area contributed by atoms with Crippen molar-refractivity contribution in [2.75, 3.05) is 7.05 Å². The molecule has 0 bridgehead atoms. The molecular formula is C18H20ClN3O. The van der Waals surface area contributed by atoms with Gasteiger partial charge in [0.2, 0.25) is 5.91 Å². The van der Waals surface area contributed by atoms with Gasteiger partial charge >= 0.3 is 0 Å². The molecule has 1 atom stereocenters. The zero-order valence-electron chi connectivity index (χ0n) is 13.6. The maximum Gasteiger partial charge on any atom is 0.246 e. The normalized spacial score (nSPS) is 16.8. The molecule has 0 aliphatic heterocycles. The third-order valence-corrected chi connectivity index (χ3v) is 4.95. The Balaban J connectivity index is 1.77. The summed E-state index contributed by atoms with van der Waals surface area (Å²) in [5.74, 6) is -0.0222. The number of fused-ring (bicyclic) bond motifs is 1. The highest BCUT2D eigenvalue weighted by Crippen LogP contribution is 2.35. The first-order valence-electron chi connectivity index (χ1n) is 7.71. The molecule has 1 heterocycles. The number of hydrogen-bond donors (Lipinski definition) is 0. The fourth-order valence-corrected chi connectivity index (χ4v) is 3.44. The van der Waals surface area contributed by atoms with Crippen LogP contribution in [0.2, 0.25) is 5.15 Å². The Morgan fingerprint density at radius 2 is 2.17 bits per heavy atom. The van der Waals surface area contributed by atoms with Gasteiger partial charge in [0.15, 0.2) is 0 Å². The predicted octanol–water partition coefficient (Wildman–Crippen LogP) is 3.54. The second kappa shape index (κ2) is 6.20. The monoisotopic (exact) mass is 329 g/mol. The zero-order valence-corrected chi connectivity index (χ0v) is 14.3.